The summed E-state index contributed by atoms with van der Waals surface area (Å²) < 4.78 is 0. The number of hydrogen-bond acceptors (Lipinski definition) is 4. The summed E-state index contributed by atoms with van der Waals surface area (Å²) in [5.41, 5.74) is 0. The minimum atomic E-state index is 0.356. The van der Waals surface area contributed by atoms with E-state index in [0.717, 1.165) is 58.7 Å². The molecule has 0 aromatic heterocycles. The molecule has 5 heteroatoms. The maximum absolute atomic E-state index is 12.3. The topological polar surface area (TPSA) is 38.8 Å². The summed E-state index contributed by atoms with van der Waals surface area (Å²) in [5.74, 6) is 0.356. The van der Waals surface area contributed by atoms with Crippen molar-refractivity contribution in [2.24, 2.45) is 0 Å². The molecule has 2 saturated heterocycles. The highest BCUT2D eigenvalue weighted by Gasteiger charge is 2.22. The van der Waals surface area contributed by atoms with Gasteiger partial charge >= 0.3 is 0 Å². The van der Waals surface area contributed by atoms with Crippen LogP contribution in [-0.2, 0) is 4.79 Å². The zero-order chi connectivity index (χ0) is 15.1. The smallest absolute Gasteiger partial charge is 0.222 e. The summed E-state index contributed by atoms with van der Waals surface area (Å²) in [6, 6.07) is 0.573. The third-order valence-corrected chi connectivity index (χ3v) is 4.71. The van der Waals surface area contributed by atoms with Gasteiger partial charge in [0.25, 0.3) is 0 Å². The summed E-state index contributed by atoms with van der Waals surface area (Å²) in [5, 5.41) is 3.53. The Morgan fingerprint density at radius 2 is 1.95 bits per heavy atom. The number of rotatable bonds is 6. The van der Waals surface area contributed by atoms with Crippen LogP contribution < -0.4 is 5.32 Å². The SMILES string of the molecule is CN(C)CCN1CCN(C(=O)CCC2CCCCN2)CC1. The molecule has 5 nitrogen and oxygen atoms in total. The van der Waals surface area contributed by atoms with Gasteiger partial charge in [0.05, 0.1) is 0 Å². The lowest BCUT2D eigenvalue weighted by Gasteiger charge is -2.35. The first-order chi connectivity index (χ1) is 10.1. The van der Waals surface area contributed by atoms with Crippen LogP contribution in [0.15, 0.2) is 0 Å². The fraction of sp³-hybridized carbons (Fsp3) is 0.938. The number of carbonyl (C=O) groups excluding carboxylic acids is 1. The van der Waals surface area contributed by atoms with Gasteiger partial charge in [0.15, 0.2) is 0 Å². The number of piperazine rings is 1. The Morgan fingerprint density at radius 3 is 2.57 bits per heavy atom. The summed E-state index contributed by atoms with van der Waals surface area (Å²) in [6.45, 7) is 7.21. The summed E-state index contributed by atoms with van der Waals surface area (Å²) in [6.07, 6.45) is 5.58. The van der Waals surface area contributed by atoms with E-state index >= 15 is 0 Å². The molecule has 1 amide bonds. The van der Waals surface area contributed by atoms with Gasteiger partial charge in [0, 0.05) is 51.7 Å². The fourth-order valence-corrected chi connectivity index (χ4v) is 3.19. The van der Waals surface area contributed by atoms with Gasteiger partial charge in [-0.25, -0.2) is 0 Å². The van der Waals surface area contributed by atoms with E-state index in [-0.39, 0.29) is 0 Å². The molecule has 0 saturated carbocycles. The minimum Gasteiger partial charge on any atom is -0.340 e. The van der Waals surface area contributed by atoms with Crippen LogP contribution in [0.2, 0.25) is 0 Å². The van der Waals surface area contributed by atoms with E-state index in [9.17, 15) is 4.79 Å². The van der Waals surface area contributed by atoms with Crippen molar-refractivity contribution in [3.05, 3.63) is 0 Å². The van der Waals surface area contributed by atoms with Crippen LogP contribution in [0, 0.1) is 0 Å². The third-order valence-electron chi connectivity index (χ3n) is 4.71. The molecule has 2 fully saturated rings. The first-order valence-corrected chi connectivity index (χ1v) is 8.53. The Morgan fingerprint density at radius 1 is 1.19 bits per heavy atom. The standard InChI is InChI=1S/C16H32N4O/c1-18(2)9-10-19-11-13-20(14-12-19)16(21)7-6-15-5-3-4-8-17-15/h15,17H,3-14H2,1-2H3. The lowest BCUT2D eigenvalue weighted by molar-refractivity contribution is -0.133. The van der Waals surface area contributed by atoms with Crippen LogP contribution in [0.3, 0.4) is 0 Å². The monoisotopic (exact) mass is 296 g/mol. The quantitative estimate of drug-likeness (QED) is 0.780. The zero-order valence-electron chi connectivity index (χ0n) is 13.8. The zero-order valence-corrected chi connectivity index (χ0v) is 13.8. The molecular formula is C16H32N4O. The number of amides is 1. The average Bonchev–Trinajstić information content (AvgIpc) is 2.52. The van der Waals surface area contributed by atoms with Gasteiger partial charge in [-0.3, -0.25) is 9.69 Å². The van der Waals surface area contributed by atoms with E-state index in [0.29, 0.717) is 11.9 Å². The van der Waals surface area contributed by atoms with E-state index < -0.39 is 0 Å². The van der Waals surface area contributed by atoms with Gasteiger partial charge in [0.1, 0.15) is 0 Å². The van der Waals surface area contributed by atoms with Crippen LogP contribution in [-0.4, -0.2) is 86.6 Å². The van der Waals surface area contributed by atoms with E-state index in [1.807, 2.05) is 0 Å². The third kappa shape index (κ3) is 5.93. The molecule has 0 bridgehead atoms. The Balaban J connectivity index is 1.61. The van der Waals surface area contributed by atoms with Crippen LogP contribution in [0.5, 0.6) is 0 Å². The Bertz CT molecular complexity index is 307. The molecule has 0 aromatic rings. The molecule has 122 valence electrons. The molecule has 1 N–H and O–H groups in total. The van der Waals surface area contributed by atoms with E-state index in [1.54, 1.807) is 0 Å². The van der Waals surface area contributed by atoms with Crippen molar-refractivity contribution < 1.29 is 4.79 Å². The van der Waals surface area contributed by atoms with E-state index in [4.69, 9.17) is 0 Å². The van der Waals surface area contributed by atoms with Crippen molar-refractivity contribution in [2.45, 2.75) is 38.1 Å². The molecule has 21 heavy (non-hydrogen) atoms. The molecule has 1 atom stereocenters. The lowest BCUT2D eigenvalue weighted by atomic mass is 10.0. The van der Waals surface area contributed by atoms with Gasteiger partial charge in [-0.15, -0.1) is 0 Å². The van der Waals surface area contributed by atoms with Crippen LogP contribution >= 0.6 is 0 Å². The number of likely N-dealkylation sites (N-methyl/N-ethyl adjacent to an activating group) is 1. The minimum absolute atomic E-state index is 0.356. The number of nitrogens with zero attached hydrogens (tertiary/aromatic N) is 3. The van der Waals surface area contributed by atoms with Crippen molar-refractivity contribution in [2.75, 3.05) is 59.9 Å². The maximum Gasteiger partial charge on any atom is 0.222 e. The highest BCUT2D eigenvalue weighted by Crippen LogP contribution is 2.13. The molecule has 0 aliphatic carbocycles. The normalized spacial score (nSPS) is 24.5. The summed E-state index contributed by atoms with van der Waals surface area (Å²) in [4.78, 5) is 19.0. The molecule has 2 heterocycles. The van der Waals surface area contributed by atoms with E-state index in [2.05, 4.69) is 34.1 Å². The van der Waals surface area contributed by atoms with Crippen molar-refractivity contribution in [1.29, 1.82) is 0 Å². The number of hydrogen-bond donors (Lipinski definition) is 1. The molecule has 0 aromatic carbocycles. The molecule has 2 rings (SSSR count). The van der Waals surface area contributed by atoms with Crippen LogP contribution in [0.25, 0.3) is 0 Å². The molecule has 1 unspecified atom stereocenters. The first kappa shape index (κ1) is 16.7. The second-order valence-electron chi connectivity index (χ2n) is 6.71. The van der Waals surface area contributed by atoms with Gasteiger partial charge < -0.3 is 15.1 Å². The van der Waals surface area contributed by atoms with Gasteiger partial charge in [-0.2, -0.15) is 0 Å². The Hall–Kier alpha value is -0.650. The predicted molar refractivity (Wildman–Crippen MR) is 86.4 cm³/mol. The molecule has 2 aliphatic heterocycles. The molecule has 0 radical (unpaired) electrons. The fourth-order valence-electron chi connectivity index (χ4n) is 3.19. The molecular weight excluding hydrogens is 264 g/mol. The number of piperidine rings is 1. The van der Waals surface area contributed by atoms with Gasteiger partial charge in [-0.1, -0.05) is 6.42 Å². The maximum atomic E-state index is 12.3. The highest BCUT2D eigenvalue weighted by molar-refractivity contribution is 5.76. The molecule has 2 aliphatic rings. The highest BCUT2D eigenvalue weighted by atomic mass is 16.2. The summed E-state index contributed by atoms with van der Waals surface area (Å²) >= 11 is 0. The number of nitrogens with one attached hydrogen (secondary N) is 1. The number of carbonyl (C=O) groups is 1. The van der Waals surface area contributed by atoms with Gasteiger partial charge in [0.2, 0.25) is 5.91 Å². The average molecular weight is 296 g/mol. The largest absolute Gasteiger partial charge is 0.340 e. The lowest BCUT2D eigenvalue weighted by Crippen LogP contribution is -2.50. The van der Waals surface area contributed by atoms with Crippen molar-refractivity contribution in [3.8, 4) is 0 Å². The second-order valence-corrected chi connectivity index (χ2v) is 6.71. The van der Waals surface area contributed by atoms with Crippen molar-refractivity contribution in [1.82, 2.24) is 20.0 Å². The van der Waals surface area contributed by atoms with E-state index in [1.165, 1.54) is 19.3 Å². The van der Waals surface area contributed by atoms with Crippen molar-refractivity contribution in [3.63, 3.8) is 0 Å². The summed E-state index contributed by atoms with van der Waals surface area (Å²) in [7, 11) is 4.22. The van der Waals surface area contributed by atoms with Crippen molar-refractivity contribution >= 4 is 5.91 Å². The first-order valence-electron chi connectivity index (χ1n) is 8.53. The Labute approximate surface area is 129 Å². The van der Waals surface area contributed by atoms with Crippen LogP contribution in [0.4, 0.5) is 0 Å². The van der Waals surface area contributed by atoms with Crippen LogP contribution in [0.1, 0.15) is 32.1 Å². The Kier molecular flexibility index (Phi) is 6.93. The second kappa shape index (κ2) is 8.71. The molecule has 0 spiro atoms. The predicted octanol–water partition coefficient (Wildman–Crippen LogP) is 0.615. The van der Waals surface area contributed by atoms with Gasteiger partial charge in [-0.05, 0) is 39.9 Å².